The van der Waals surface area contributed by atoms with Gasteiger partial charge in [0.2, 0.25) is 15.7 Å². The third-order valence-corrected chi connectivity index (χ3v) is 5.68. The first kappa shape index (κ1) is 18.7. The molecule has 1 aliphatic heterocycles. The quantitative estimate of drug-likeness (QED) is 0.828. The smallest absolute Gasteiger partial charge is 0.335 e. The van der Waals surface area contributed by atoms with Crippen LogP contribution in [0.4, 0.5) is 4.79 Å². The number of halogens is 1. The Morgan fingerprint density at radius 3 is 2.54 bits per heavy atom. The van der Waals surface area contributed by atoms with Crippen LogP contribution in [0.3, 0.4) is 0 Å². The minimum atomic E-state index is -3.77. The predicted molar refractivity (Wildman–Crippen MR) is 94.3 cm³/mol. The number of benzene rings is 1. The van der Waals surface area contributed by atoms with Gasteiger partial charge in [-0.2, -0.15) is 0 Å². The zero-order valence-corrected chi connectivity index (χ0v) is 15.6. The van der Waals surface area contributed by atoms with E-state index in [0.717, 1.165) is 32.4 Å². The summed E-state index contributed by atoms with van der Waals surface area (Å²) in [7, 11) is -3.77. The topological polar surface area (TPSA) is 105 Å². The fourth-order valence-corrected chi connectivity index (χ4v) is 3.93. The van der Waals surface area contributed by atoms with Gasteiger partial charge in [0.25, 0.3) is 0 Å². The third-order valence-electron chi connectivity index (χ3n) is 4.02. The van der Waals surface area contributed by atoms with E-state index in [0.29, 0.717) is 10.6 Å². The molecule has 1 aromatic heterocycles. The van der Waals surface area contributed by atoms with E-state index in [4.69, 9.17) is 16.0 Å². The Bertz CT molecular complexity index is 861. The summed E-state index contributed by atoms with van der Waals surface area (Å²) in [6.07, 6.45) is 3.10. The number of rotatable bonds is 5. The molecule has 0 saturated carbocycles. The Morgan fingerprint density at radius 2 is 1.85 bits per heavy atom. The average molecular weight is 399 g/mol. The predicted octanol–water partition coefficient (Wildman–Crippen LogP) is 2.39. The summed E-state index contributed by atoms with van der Waals surface area (Å²) >= 11 is 5.79. The van der Waals surface area contributed by atoms with Gasteiger partial charge in [-0.05, 0) is 37.0 Å². The Hall–Kier alpha value is -2.13. The lowest BCUT2D eigenvalue weighted by molar-refractivity contribution is 0.184. The highest BCUT2D eigenvalue weighted by atomic mass is 35.5. The maximum Gasteiger partial charge on any atom is 0.335 e. The van der Waals surface area contributed by atoms with Crippen LogP contribution in [0.2, 0.25) is 5.02 Å². The zero-order valence-electron chi connectivity index (χ0n) is 14.0. The van der Waals surface area contributed by atoms with Crippen LogP contribution < -0.4 is 5.32 Å². The van der Waals surface area contributed by atoms with Crippen LogP contribution in [0.25, 0.3) is 0 Å². The fraction of sp³-hybridized carbons (Fsp3) is 0.438. The lowest BCUT2D eigenvalue weighted by Gasteiger charge is -2.26. The molecule has 26 heavy (non-hydrogen) atoms. The summed E-state index contributed by atoms with van der Waals surface area (Å²) in [6.45, 7) is 1.42. The molecular formula is C16H19ClN4O4S. The van der Waals surface area contributed by atoms with Gasteiger partial charge < -0.3 is 14.6 Å². The van der Waals surface area contributed by atoms with Crippen molar-refractivity contribution in [3.63, 3.8) is 0 Å². The zero-order chi connectivity index (χ0) is 18.6. The molecule has 2 amide bonds. The van der Waals surface area contributed by atoms with Crippen molar-refractivity contribution < 1.29 is 17.6 Å². The van der Waals surface area contributed by atoms with Crippen molar-refractivity contribution in [3.05, 3.63) is 40.7 Å². The number of aromatic nitrogens is 2. The average Bonchev–Trinajstić information content (AvgIpc) is 3.12. The Morgan fingerprint density at radius 1 is 1.15 bits per heavy atom. The number of nitrogens with one attached hydrogen (secondary N) is 1. The van der Waals surface area contributed by atoms with E-state index in [1.54, 1.807) is 29.2 Å². The van der Waals surface area contributed by atoms with E-state index >= 15 is 0 Å². The molecule has 1 saturated heterocycles. The molecule has 2 aromatic rings. The molecule has 0 bridgehead atoms. The van der Waals surface area contributed by atoms with Gasteiger partial charge in [-0.3, -0.25) is 0 Å². The normalized spacial score (nSPS) is 15.0. The monoisotopic (exact) mass is 398 g/mol. The Balaban J connectivity index is 1.59. The van der Waals surface area contributed by atoms with Gasteiger partial charge in [0, 0.05) is 18.1 Å². The number of amides is 2. The summed E-state index contributed by atoms with van der Waals surface area (Å²) in [5.41, 5.74) is 0.563. The second kappa shape index (κ2) is 8.05. The molecule has 1 fully saturated rings. The molecule has 0 radical (unpaired) electrons. The highest BCUT2D eigenvalue weighted by Crippen LogP contribution is 2.17. The Labute approximate surface area is 156 Å². The standard InChI is InChI=1S/C16H19ClN4O4S/c17-13-6-4-12(5-7-13)11-26(23,24)16-20-19-14(25-16)10-18-15(22)21-8-2-1-3-9-21/h4-7H,1-3,8-11H2,(H,18,22). The van der Waals surface area contributed by atoms with Crippen molar-refractivity contribution in [3.8, 4) is 0 Å². The first-order valence-electron chi connectivity index (χ1n) is 8.26. The number of urea groups is 1. The van der Waals surface area contributed by atoms with E-state index in [-0.39, 0.29) is 24.2 Å². The minimum absolute atomic E-state index is 0.0151. The highest BCUT2D eigenvalue weighted by molar-refractivity contribution is 7.90. The largest absolute Gasteiger partial charge is 0.411 e. The molecule has 0 spiro atoms. The Kier molecular flexibility index (Phi) is 5.77. The number of hydrogen-bond acceptors (Lipinski definition) is 6. The van der Waals surface area contributed by atoms with Gasteiger partial charge in [-0.1, -0.05) is 28.8 Å². The molecule has 10 heteroatoms. The van der Waals surface area contributed by atoms with Gasteiger partial charge in [0.1, 0.15) is 0 Å². The maximum atomic E-state index is 12.4. The molecule has 1 aromatic carbocycles. The molecule has 0 atom stereocenters. The van der Waals surface area contributed by atoms with Crippen LogP contribution in [0.5, 0.6) is 0 Å². The summed E-state index contributed by atoms with van der Waals surface area (Å²) in [5, 5.41) is 10.0. The maximum absolute atomic E-state index is 12.4. The minimum Gasteiger partial charge on any atom is -0.411 e. The van der Waals surface area contributed by atoms with Crippen LogP contribution in [0, 0.1) is 0 Å². The van der Waals surface area contributed by atoms with Crippen LogP contribution in [-0.2, 0) is 22.1 Å². The summed E-state index contributed by atoms with van der Waals surface area (Å²) in [6, 6.07) is 6.25. The van der Waals surface area contributed by atoms with Crippen molar-refractivity contribution in [1.29, 1.82) is 0 Å². The fourth-order valence-electron chi connectivity index (χ4n) is 2.66. The number of hydrogen-bond donors (Lipinski definition) is 1. The molecule has 2 heterocycles. The van der Waals surface area contributed by atoms with E-state index in [2.05, 4.69) is 15.5 Å². The summed E-state index contributed by atoms with van der Waals surface area (Å²) in [4.78, 5) is 13.8. The van der Waals surface area contributed by atoms with Crippen molar-refractivity contribution >= 4 is 27.5 Å². The van der Waals surface area contributed by atoms with Gasteiger partial charge in [0.15, 0.2) is 0 Å². The number of nitrogens with zero attached hydrogens (tertiary/aromatic N) is 3. The number of carbonyl (C=O) groups excluding carboxylic acids is 1. The van der Waals surface area contributed by atoms with Crippen LogP contribution in [-0.4, -0.2) is 42.6 Å². The third kappa shape index (κ3) is 4.73. The first-order chi connectivity index (χ1) is 12.4. The van der Waals surface area contributed by atoms with E-state index in [1.807, 2.05) is 0 Å². The van der Waals surface area contributed by atoms with Crippen molar-refractivity contribution in [2.75, 3.05) is 13.1 Å². The van der Waals surface area contributed by atoms with Gasteiger partial charge in [0.05, 0.1) is 12.3 Å². The summed E-state index contributed by atoms with van der Waals surface area (Å²) in [5.74, 6) is -0.226. The molecule has 1 aliphatic rings. The molecule has 0 unspecified atom stereocenters. The van der Waals surface area contributed by atoms with Crippen molar-refractivity contribution in [2.24, 2.45) is 0 Å². The van der Waals surface area contributed by atoms with Gasteiger partial charge in [-0.15, -0.1) is 5.10 Å². The van der Waals surface area contributed by atoms with Gasteiger partial charge >= 0.3 is 11.3 Å². The second-order valence-electron chi connectivity index (χ2n) is 6.05. The number of carbonyl (C=O) groups is 1. The van der Waals surface area contributed by atoms with Crippen LogP contribution in [0.15, 0.2) is 33.9 Å². The van der Waals surface area contributed by atoms with E-state index in [9.17, 15) is 13.2 Å². The molecular weight excluding hydrogens is 380 g/mol. The molecule has 140 valence electrons. The number of likely N-dealkylation sites (tertiary alicyclic amines) is 1. The van der Waals surface area contributed by atoms with Crippen LogP contribution >= 0.6 is 11.6 Å². The molecule has 8 nitrogen and oxygen atoms in total. The molecule has 0 aliphatic carbocycles. The molecule has 3 rings (SSSR count). The highest BCUT2D eigenvalue weighted by Gasteiger charge is 2.24. The lowest BCUT2D eigenvalue weighted by atomic mass is 10.1. The number of piperidine rings is 1. The summed E-state index contributed by atoms with van der Waals surface area (Å²) < 4.78 is 29.9. The second-order valence-corrected chi connectivity index (χ2v) is 8.36. The van der Waals surface area contributed by atoms with Gasteiger partial charge in [-0.25, -0.2) is 13.2 Å². The van der Waals surface area contributed by atoms with Crippen LogP contribution in [0.1, 0.15) is 30.7 Å². The number of sulfone groups is 1. The van der Waals surface area contributed by atoms with Crippen molar-refractivity contribution in [2.45, 2.75) is 36.8 Å². The molecule has 1 N–H and O–H groups in total. The van der Waals surface area contributed by atoms with E-state index < -0.39 is 15.1 Å². The first-order valence-corrected chi connectivity index (χ1v) is 10.3. The lowest BCUT2D eigenvalue weighted by Crippen LogP contribution is -2.42. The van der Waals surface area contributed by atoms with E-state index in [1.165, 1.54) is 0 Å². The SMILES string of the molecule is O=C(NCc1nnc(S(=O)(=O)Cc2ccc(Cl)cc2)o1)N1CCCCC1. The van der Waals surface area contributed by atoms with Crippen molar-refractivity contribution in [1.82, 2.24) is 20.4 Å².